The molecular weight excluding hydrogens is 313 g/mol. The van der Waals surface area contributed by atoms with E-state index in [1.165, 1.54) is 0 Å². The number of halogens is 3. The molecule has 23 heavy (non-hydrogen) atoms. The Balaban J connectivity index is 2.74. The monoisotopic (exact) mass is 338 g/mol. The van der Waals surface area contributed by atoms with E-state index in [-0.39, 0.29) is 12.3 Å². The van der Waals surface area contributed by atoms with E-state index in [1.807, 2.05) is 6.92 Å². The molecule has 134 valence electrons. The molecule has 0 amide bonds. The first kappa shape index (κ1) is 19.8. The number of alkyl halides is 3. The van der Waals surface area contributed by atoms with Gasteiger partial charge in [-0.2, -0.15) is 13.2 Å². The number of hydrogen-bond donors (Lipinski definition) is 0. The van der Waals surface area contributed by atoms with Crippen LogP contribution in [0, 0.1) is 5.92 Å². The summed E-state index contributed by atoms with van der Waals surface area (Å²) in [7, 11) is 0. The Kier molecular flexibility index (Phi) is 6.89. The molecule has 1 saturated carbocycles. The minimum absolute atomic E-state index is 0.307. The van der Waals surface area contributed by atoms with Crippen molar-refractivity contribution in [2.24, 2.45) is 5.92 Å². The molecule has 0 N–H and O–H groups in total. The van der Waals surface area contributed by atoms with Crippen molar-refractivity contribution in [3.8, 4) is 0 Å². The number of esters is 2. The van der Waals surface area contributed by atoms with Gasteiger partial charge in [-0.1, -0.05) is 20.3 Å². The minimum Gasteiger partial charge on any atom is -0.458 e. The maximum atomic E-state index is 12.5. The summed E-state index contributed by atoms with van der Waals surface area (Å²) in [6.07, 6.45) is -3.03. The van der Waals surface area contributed by atoms with Gasteiger partial charge in [0, 0.05) is 0 Å². The summed E-state index contributed by atoms with van der Waals surface area (Å²) < 4.78 is 47.5. The molecule has 1 fully saturated rings. The van der Waals surface area contributed by atoms with Crippen molar-refractivity contribution in [1.82, 2.24) is 0 Å². The lowest BCUT2D eigenvalue weighted by Crippen LogP contribution is -2.42. The molecule has 1 rings (SSSR count). The maximum Gasteiger partial charge on any atom is 0.425 e. The van der Waals surface area contributed by atoms with Crippen molar-refractivity contribution < 1.29 is 32.2 Å². The molecule has 1 aliphatic carbocycles. The van der Waals surface area contributed by atoms with Gasteiger partial charge in [-0.15, -0.1) is 0 Å². The van der Waals surface area contributed by atoms with Crippen molar-refractivity contribution in [2.45, 2.75) is 83.6 Å². The highest BCUT2D eigenvalue weighted by molar-refractivity contribution is 5.75. The first-order valence-corrected chi connectivity index (χ1v) is 8.08. The van der Waals surface area contributed by atoms with Gasteiger partial charge in [0.1, 0.15) is 5.60 Å². The van der Waals surface area contributed by atoms with E-state index in [0.717, 1.165) is 26.2 Å². The van der Waals surface area contributed by atoms with Crippen molar-refractivity contribution in [1.29, 1.82) is 0 Å². The second-order valence-electron chi connectivity index (χ2n) is 6.32. The van der Waals surface area contributed by atoms with Gasteiger partial charge >= 0.3 is 18.1 Å². The van der Waals surface area contributed by atoms with Crippen LogP contribution in [0.3, 0.4) is 0 Å². The van der Waals surface area contributed by atoms with Crippen LogP contribution in [-0.4, -0.2) is 29.8 Å². The topological polar surface area (TPSA) is 52.6 Å². The Hall–Kier alpha value is -1.27. The lowest BCUT2D eigenvalue weighted by Gasteiger charge is -2.37. The Bertz CT molecular complexity index is 414. The zero-order chi connectivity index (χ0) is 17.7. The summed E-state index contributed by atoms with van der Waals surface area (Å²) in [5, 5.41) is 0. The van der Waals surface area contributed by atoms with Crippen molar-refractivity contribution in [3.63, 3.8) is 0 Å². The Morgan fingerprint density at radius 2 is 1.70 bits per heavy atom. The molecule has 0 bridgehead atoms. The zero-order valence-electron chi connectivity index (χ0n) is 13.9. The molecule has 0 aromatic heterocycles. The summed E-state index contributed by atoms with van der Waals surface area (Å²) >= 11 is 0. The average molecular weight is 338 g/mol. The van der Waals surface area contributed by atoms with Crippen LogP contribution >= 0.6 is 0 Å². The van der Waals surface area contributed by atoms with Gasteiger partial charge in [-0.3, -0.25) is 9.59 Å². The fraction of sp³-hybridized carbons (Fsp3) is 0.875. The third-order valence-corrected chi connectivity index (χ3v) is 4.33. The first-order valence-electron chi connectivity index (χ1n) is 8.08. The molecule has 2 atom stereocenters. The van der Waals surface area contributed by atoms with Gasteiger partial charge in [-0.25, -0.2) is 0 Å². The Morgan fingerprint density at radius 1 is 1.13 bits per heavy atom. The van der Waals surface area contributed by atoms with Crippen LogP contribution in [0.2, 0.25) is 0 Å². The maximum absolute atomic E-state index is 12.5. The average Bonchev–Trinajstić information content (AvgIpc) is 2.45. The molecule has 0 saturated heterocycles. The van der Waals surface area contributed by atoms with E-state index < -0.39 is 29.8 Å². The van der Waals surface area contributed by atoms with Crippen LogP contribution < -0.4 is 0 Å². The highest BCUT2D eigenvalue weighted by Crippen LogP contribution is 2.36. The quantitative estimate of drug-likeness (QED) is 0.682. The molecule has 0 aliphatic heterocycles. The molecule has 4 nitrogen and oxygen atoms in total. The molecule has 0 radical (unpaired) electrons. The van der Waals surface area contributed by atoms with Gasteiger partial charge < -0.3 is 9.47 Å². The van der Waals surface area contributed by atoms with Crippen LogP contribution in [0.5, 0.6) is 0 Å². The SMILES string of the molecule is CCC(C)C(=O)OC1(CC(=O)OC(C)C(F)(F)F)CCCCC1. The second-order valence-corrected chi connectivity index (χ2v) is 6.32. The van der Waals surface area contributed by atoms with E-state index in [2.05, 4.69) is 4.74 Å². The Labute approximate surface area is 134 Å². The summed E-state index contributed by atoms with van der Waals surface area (Å²) in [5.41, 5.74) is -1.03. The molecule has 7 heteroatoms. The largest absolute Gasteiger partial charge is 0.458 e. The predicted octanol–water partition coefficient (Wildman–Crippen LogP) is 4.16. The highest BCUT2D eigenvalue weighted by atomic mass is 19.4. The standard InChI is InChI=1S/C16H25F3O4/c1-4-11(2)14(21)23-15(8-6-5-7-9-15)10-13(20)22-12(3)16(17,18)19/h11-12H,4-10H2,1-3H3. The van der Waals surface area contributed by atoms with Crippen LogP contribution in [0.15, 0.2) is 0 Å². The van der Waals surface area contributed by atoms with E-state index in [0.29, 0.717) is 19.3 Å². The van der Waals surface area contributed by atoms with Crippen molar-refractivity contribution in [2.75, 3.05) is 0 Å². The summed E-state index contributed by atoms with van der Waals surface area (Å²) in [5.74, 6) is -1.70. The molecule has 0 aromatic carbocycles. The molecule has 1 aliphatic rings. The van der Waals surface area contributed by atoms with Gasteiger partial charge in [0.15, 0.2) is 6.10 Å². The van der Waals surface area contributed by atoms with E-state index >= 15 is 0 Å². The highest BCUT2D eigenvalue weighted by Gasteiger charge is 2.43. The molecular formula is C16H25F3O4. The van der Waals surface area contributed by atoms with Crippen molar-refractivity contribution >= 4 is 11.9 Å². The summed E-state index contributed by atoms with van der Waals surface area (Å²) in [6.45, 7) is 4.36. The Morgan fingerprint density at radius 3 is 2.17 bits per heavy atom. The molecule has 0 heterocycles. The minimum atomic E-state index is -4.59. The summed E-state index contributed by atoms with van der Waals surface area (Å²) in [4.78, 5) is 23.9. The van der Waals surface area contributed by atoms with E-state index in [9.17, 15) is 22.8 Å². The fourth-order valence-corrected chi connectivity index (χ4v) is 2.56. The van der Waals surface area contributed by atoms with Crippen LogP contribution in [0.25, 0.3) is 0 Å². The number of carbonyl (C=O) groups is 2. The number of rotatable bonds is 6. The van der Waals surface area contributed by atoms with Crippen LogP contribution in [0.4, 0.5) is 13.2 Å². The third kappa shape index (κ3) is 6.03. The van der Waals surface area contributed by atoms with Crippen LogP contribution in [-0.2, 0) is 19.1 Å². The normalized spacial score (nSPS) is 20.4. The lowest BCUT2D eigenvalue weighted by atomic mass is 9.82. The van der Waals surface area contributed by atoms with Crippen LogP contribution in [0.1, 0.15) is 65.7 Å². The summed E-state index contributed by atoms with van der Waals surface area (Å²) in [6, 6.07) is 0. The number of ether oxygens (including phenoxy) is 2. The predicted molar refractivity (Wildman–Crippen MR) is 77.6 cm³/mol. The first-order chi connectivity index (χ1) is 10.6. The van der Waals surface area contributed by atoms with Gasteiger partial charge in [0.25, 0.3) is 0 Å². The second kappa shape index (κ2) is 8.02. The lowest BCUT2D eigenvalue weighted by molar-refractivity contribution is -0.219. The fourth-order valence-electron chi connectivity index (χ4n) is 2.56. The number of hydrogen-bond acceptors (Lipinski definition) is 4. The van der Waals surface area contributed by atoms with Crippen molar-refractivity contribution in [3.05, 3.63) is 0 Å². The molecule has 0 spiro atoms. The van der Waals surface area contributed by atoms with E-state index in [4.69, 9.17) is 4.74 Å². The molecule has 2 unspecified atom stereocenters. The van der Waals surface area contributed by atoms with E-state index in [1.54, 1.807) is 6.92 Å². The number of carbonyl (C=O) groups excluding carboxylic acids is 2. The smallest absolute Gasteiger partial charge is 0.425 e. The van der Waals surface area contributed by atoms with Gasteiger partial charge in [0.05, 0.1) is 12.3 Å². The van der Waals surface area contributed by atoms with Gasteiger partial charge in [-0.05, 0) is 39.0 Å². The third-order valence-electron chi connectivity index (χ3n) is 4.33. The van der Waals surface area contributed by atoms with Gasteiger partial charge in [0.2, 0.25) is 0 Å². The molecule has 0 aromatic rings. The zero-order valence-corrected chi connectivity index (χ0v) is 13.9.